The highest BCUT2D eigenvalue weighted by Crippen LogP contribution is 2.24. The van der Waals surface area contributed by atoms with Crippen molar-refractivity contribution in [2.75, 3.05) is 6.61 Å². The fraction of sp³-hybridized carbons (Fsp3) is 0.333. The van der Waals surface area contributed by atoms with Crippen LogP contribution in [0.1, 0.15) is 13.0 Å². The lowest BCUT2D eigenvalue weighted by atomic mass is 10.3. The van der Waals surface area contributed by atoms with Crippen LogP contribution in [0.15, 0.2) is 12.4 Å². The summed E-state index contributed by atoms with van der Waals surface area (Å²) in [5.41, 5.74) is 0.765. The summed E-state index contributed by atoms with van der Waals surface area (Å²) in [6, 6.07) is -0.0121. The molecule has 0 spiro atoms. The van der Waals surface area contributed by atoms with Crippen molar-refractivity contribution in [1.29, 1.82) is 0 Å². The minimum absolute atomic E-state index is 0.0121. The fourth-order valence-electron chi connectivity index (χ4n) is 1.39. The Morgan fingerprint density at radius 1 is 1.67 bits per heavy atom. The third-order valence-electron chi connectivity index (χ3n) is 2.23. The molecule has 1 unspecified atom stereocenters. The molecule has 0 saturated heterocycles. The first-order valence-electron chi connectivity index (χ1n) is 4.43. The van der Waals surface area contributed by atoms with Crippen molar-refractivity contribution in [3.8, 4) is 0 Å². The smallest absolute Gasteiger partial charge is 0.224 e. The monoisotopic (exact) mass is 337 g/mol. The van der Waals surface area contributed by atoms with Gasteiger partial charge in [-0.2, -0.15) is 4.98 Å². The van der Waals surface area contributed by atoms with E-state index in [2.05, 4.69) is 32.6 Å². The van der Waals surface area contributed by atoms with E-state index in [9.17, 15) is 0 Å². The summed E-state index contributed by atoms with van der Waals surface area (Å²) < 4.78 is 2.96. The first-order valence-corrected chi connectivity index (χ1v) is 5.88. The lowest BCUT2D eigenvalue weighted by Gasteiger charge is -2.10. The van der Waals surface area contributed by atoms with E-state index in [1.165, 1.54) is 0 Å². The number of halogens is 2. The number of hydrogen-bond donors (Lipinski definition) is 1. The van der Waals surface area contributed by atoms with Crippen LogP contribution >= 0.6 is 34.2 Å². The molecule has 0 saturated carbocycles. The zero-order valence-electron chi connectivity index (χ0n) is 7.98. The average Bonchev–Trinajstić information content (AvgIpc) is 2.54. The maximum Gasteiger partial charge on any atom is 0.224 e. The number of nitrogens with zero attached hydrogens (tertiary/aromatic N) is 3. The third-order valence-corrected chi connectivity index (χ3v) is 3.27. The molecule has 1 atom stereocenters. The minimum atomic E-state index is -0.0121. The van der Waals surface area contributed by atoms with E-state index in [4.69, 9.17) is 16.7 Å². The largest absolute Gasteiger partial charge is 0.394 e. The van der Waals surface area contributed by atoms with Crippen molar-refractivity contribution in [2.24, 2.45) is 0 Å². The number of aromatic nitrogens is 3. The van der Waals surface area contributed by atoms with Gasteiger partial charge in [-0.1, -0.05) is 0 Å². The summed E-state index contributed by atoms with van der Waals surface area (Å²) >= 11 is 7.96. The number of aliphatic hydroxyl groups is 1. The zero-order valence-corrected chi connectivity index (χ0v) is 10.9. The molecule has 2 heterocycles. The molecule has 2 rings (SSSR count). The molecule has 0 aliphatic heterocycles. The highest BCUT2D eigenvalue weighted by molar-refractivity contribution is 14.1. The maximum absolute atomic E-state index is 9.13. The van der Waals surface area contributed by atoms with E-state index in [0.29, 0.717) is 0 Å². The van der Waals surface area contributed by atoms with E-state index in [0.717, 1.165) is 14.6 Å². The summed E-state index contributed by atoms with van der Waals surface area (Å²) in [6.45, 7) is 1.99. The van der Waals surface area contributed by atoms with E-state index in [1.54, 1.807) is 6.20 Å². The van der Waals surface area contributed by atoms with Crippen molar-refractivity contribution in [3.63, 3.8) is 0 Å². The first kappa shape index (κ1) is 11.1. The predicted octanol–water partition coefficient (Wildman–Crippen LogP) is 2.24. The number of rotatable bonds is 2. The van der Waals surface area contributed by atoms with E-state index in [-0.39, 0.29) is 17.9 Å². The van der Waals surface area contributed by atoms with E-state index in [1.807, 2.05) is 17.7 Å². The van der Waals surface area contributed by atoms with Crippen LogP contribution in [0.5, 0.6) is 0 Å². The third kappa shape index (κ3) is 1.95. The Bertz CT molecular complexity index is 499. The first-order chi connectivity index (χ1) is 7.13. The summed E-state index contributed by atoms with van der Waals surface area (Å²) in [5.74, 6) is 0. The standard InChI is InChI=1S/C9H9ClIN3O/c1-5(4-15)14-3-7(11)6-2-12-9(10)13-8(6)14/h2-3,5,15H,4H2,1H3. The second kappa shape index (κ2) is 4.23. The molecule has 0 fully saturated rings. The SMILES string of the molecule is CC(CO)n1cc(I)c2cnc(Cl)nc21. The van der Waals surface area contributed by atoms with E-state index < -0.39 is 0 Å². The average molecular weight is 338 g/mol. The molecule has 80 valence electrons. The van der Waals surface area contributed by atoms with Gasteiger partial charge in [-0.05, 0) is 41.1 Å². The summed E-state index contributed by atoms with van der Waals surface area (Å²) in [6.07, 6.45) is 3.64. The van der Waals surface area contributed by atoms with Gasteiger partial charge in [0.2, 0.25) is 5.28 Å². The molecule has 0 bridgehead atoms. The molecule has 15 heavy (non-hydrogen) atoms. The fourth-order valence-corrected chi connectivity index (χ4v) is 2.20. The lowest BCUT2D eigenvalue weighted by molar-refractivity contribution is 0.241. The van der Waals surface area contributed by atoms with E-state index >= 15 is 0 Å². The van der Waals surface area contributed by atoms with Crippen molar-refractivity contribution >= 4 is 45.2 Å². The van der Waals surface area contributed by atoms with Gasteiger partial charge >= 0.3 is 0 Å². The number of fused-ring (bicyclic) bond motifs is 1. The van der Waals surface area contributed by atoms with Crippen LogP contribution in [0.2, 0.25) is 5.28 Å². The topological polar surface area (TPSA) is 50.9 Å². The molecule has 0 amide bonds. The quantitative estimate of drug-likeness (QED) is 0.675. The molecule has 0 aliphatic carbocycles. The van der Waals surface area contributed by atoms with Gasteiger partial charge in [0.25, 0.3) is 0 Å². The molecule has 2 aromatic heterocycles. The van der Waals surface area contributed by atoms with Crippen LogP contribution in [-0.2, 0) is 0 Å². The second-order valence-electron chi connectivity index (χ2n) is 3.29. The van der Waals surface area contributed by atoms with Crippen LogP contribution in [0.4, 0.5) is 0 Å². The van der Waals surface area contributed by atoms with Gasteiger partial charge in [0.1, 0.15) is 5.65 Å². The van der Waals surface area contributed by atoms with Crippen LogP contribution in [-0.4, -0.2) is 26.2 Å². The molecular weight excluding hydrogens is 328 g/mol. The van der Waals surface area contributed by atoms with Gasteiger partial charge in [-0.15, -0.1) is 0 Å². The number of aliphatic hydroxyl groups excluding tert-OH is 1. The molecule has 0 radical (unpaired) electrons. The van der Waals surface area contributed by atoms with Gasteiger partial charge in [-0.3, -0.25) is 0 Å². The van der Waals surface area contributed by atoms with Gasteiger partial charge in [0, 0.05) is 16.0 Å². The van der Waals surface area contributed by atoms with Crippen molar-refractivity contribution in [1.82, 2.24) is 14.5 Å². The van der Waals surface area contributed by atoms with Crippen molar-refractivity contribution in [3.05, 3.63) is 21.2 Å². The van der Waals surface area contributed by atoms with Crippen molar-refractivity contribution < 1.29 is 5.11 Å². The molecular formula is C9H9ClIN3O. The lowest BCUT2D eigenvalue weighted by Crippen LogP contribution is -2.08. The normalized spacial score (nSPS) is 13.3. The Balaban J connectivity index is 2.69. The van der Waals surface area contributed by atoms with Gasteiger partial charge in [-0.25, -0.2) is 4.98 Å². The van der Waals surface area contributed by atoms with Gasteiger partial charge < -0.3 is 9.67 Å². The molecule has 1 N–H and O–H groups in total. The Kier molecular flexibility index (Phi) is 3.13. The summed E-state index contributed by atoms with van der Waals surface area (Å²) in [4.78, 5) is 8.11. The summed E-state index contributed by atoms with van der Waals surface area (Å²) in [7, 11) is 0. The van der Waals surface area contributed by atoms with Crippen LogP contribution < -0.4 is 0 Å². The number of hydrogen-bond acceptors (Lipinski definition) is 3. The molecule has 2 aromatic rings. The van der Waals surface area contributed by atoms with Gasteiger partial charge in [0.05, 0.1) is 18.0 Å². The molecule has 4 nitrogen and oxygen atoms in total. The highest BCUT2D eigenvalue weighted by Gasteiger charge is 2.12. The Morgan fingerprint density at radius 2 is 2.40 bits per heavy atom. The second-order valence-corrected chi connectivity index (χ2v) is 4.79. The molecule has 0 aromatic carbocycles. The van der Waals surface area contributed by atoms with Crippen LogP contribution in [0.3, 0.4) is 0 Å². The summed E-state index contributed by atoms with van der Waals surface area (Å²) in [5, 5.41) is 10.3. The van der Waals surface area contributed by atoms with Crippen molar-refractivity contribution in [2.45, 2.75) is 13.0 Å². The zero-order chi connectivity index (χ0) is 11.0. The maximum atomic E-state index is 9.13. The Labute approximate surface area is 105 Å². The Morgan fingerprint density at radius 3 is 3.07 bits per heavy atom. The Hall–Kier alpha value is -0.400. The molecule has 6 heteroatoms. The van der Waals surface area contributed by atoms with Gasteiger partial charge in [0.15, 0.2) is 0 Å². The van der Waals surface area contributed by atoms with Crippen LogP contribution in [0.25, 0.3) is 11.0 Å². The van der Waals surface area contributed by atoms with Crippen LogP contribution in [0, 0.1) is 3.57 Å². The highest BCUT2D eigenvalue weighted by atomic mass is 127. The predicted molar refractivity (Wildman–Crippen MR) is 67.1 cm³/mol. The molecule has 0 aliphatic rings. The minimum Gasteiger partial charge on any atom is -0.394 e.